The maximum Gasteiger partial charge on any atom is 0.350 e. The molecule has 0 atom stereocenters. The predicted octanol–water partition coefficient (Wildman–Crippen LogP) is 4.51. The molecule has 2 aromatic rings. The first-order valence-corrected chi connectivity index (χ1v) is 7.84. The molecule has 6 heteroatoms. The summed E-state index contributed by atoms with van der Waals surface area (Å²) >= 11 is 9.18. The van der Waals surface area contributed by atoms with Crippen LogP contribution in [0.1, 0.15) is 27.7 Å². The maximum atomic E-state index is 11.8. The molecule has 0 aliphatic heterocycles. The third-order valence-corrected chi connectivity index (χ3v) is 5.91. The summed E-state index contributed by atoms with van der Waals surface area (Å²) in [6, 6.07) is 0. The van der Waals surface area contributed by atoms with Crippen molar-refractivity contribution in [2.45, 2.75) is 20.8 Å². The molecule has 0 amide bonds. The standard InChI is InChI=1S/C13H14ClNO2S2/c1-4-17-13(16)12-9(15)7(3)10(19-12)11-8(14)6(2)5-18-11/h5H,4,15H2,1-3H3. The number of nitrogens with two attached hydrogens (primary N) is 1. The van der Waals surface area contributed by atoms with Crippen LogP contribution in [0.3, 0.4) is 0 Å². The molecule has 3 nitrogen and oxygen atoms in total. The molecule has 0 fully saturated rings. The van der Waals surface area contributed by atoms with Gasteiger partial charge in [-0.25, -0.2) is 4.79 Å². The van der Waals surface area contributed by atoms with Gasteiger partial charge in [-0.1, -0.05) is 11.6 Å². The largest absolute Gasteiger partial charge is 0.462 e. The highest BCUT2D eigenvalue weighted by Crippen LogP contribution is 2.45. The van der Waals surface area contributed by atoms with Crippen LogP contribution in [0.25, 0.3) is 9.75 Å². The van der Waals surface area contributed by atoms with Gasteiger partial charge in [-0.15, -0.1) is 22.7 Å². The van der Waals surface area contributed by atoms with Gasteiger partial charge in [0.25, 0.3) is 0 Å². The number of halogens is 1. The predicted molar refractivity (Wildman–Crippen MR) is 82.5 cm³/mol. The molecule has 0 radical (unpaired) electrons. The summed E-state index contributed by atoms with van der Waals surface area (Å²) in [7, 11) is 0. The van der Waals surface area contributed by atoms with E-state index in [0.717, 1.165) is 25.9 Å². The van der Waals surface area contributed by atoms with E-state index in [4.69, 9.17) is 22.1 Å². The number of nitrogen functional groups attached to an aromatic ring is 1. The van der Waals surface area contributed by atoms with Gasteiger partial charge >= 0.3 is 5.97 Å². The van der Waals surface area contributed by atoms with Crippen molar-refractivity contribution in [2.75, 3.05) is 12.3 Å². The van der Waals surface area contributed by atoms with Crippen LogP contribution < -0.4 is 5.73 Å². The van der Waals surface area contributed by atoms with Crippen molar-refractivity contribution in [3.63, 3.8) is 0 Å². The van der Waals surface area contributed by atoms with Gasteiger partial charge in [0.1, 0.15) is 4.88 Å². The van der Waals surface area contributed by atoms with Crippen molar-refractivity contribution in [1.29, 1.82) is 0 Å². The van der Waals surface area contributed by atoms with Gasteiger partial charge in [-0.2, -0.15) is 0 Å². The number of carbonyl (C=O) groups is 1. The Labute approximate surface area is 125 Å². The van der Waals surface area contributed by atoms with E-state index in [0.29, 0.717) is 17.2 Å². The van der Waals surface area contributed by atoms with Crippen molar-refractivity contribution in [1.82, 2.24) is 0 Å². The zero-order valence-electron chi connectivity index (χ0n) is 10.9. The van der Waals surface area contributed by atoms with Crippen LogP contribution in [0.4, 0.5) is 5.69 Å². The summed E-state index contributed by atoms with van der Waals surface area (Å²) in [4.78, 5) is 14.2. The van der Waals surface area contributed by atoms with Crippen LogP contribution in [0, 0.1) is 13.8 Å². The maximum absolute atomic E-state index is 11.8. The van der Waals surface area contributed by atoms with Crippen LogP contribution >= 0.6 is 34.3 Å². The van der Waals surface area contributed by atoms with Crippen molar-refractivity contribution in [2.24, 2.45) is 0 Å². The Bertz CT molecular complexity index is 631. The third-order valence-electron chi connectivity index (χ3n) is 2.76. The molecular formula is C13H14ClNO2S2. The Kier molecular flexibility index (Phi) is 4.18. The molecule has 0 aromatic carbocycles. The van der Waals surface area contributed by atoms with Crippen LogP contribution in [-0.4, -0.2) is 12.6 Å². The van der Waals surface area contributed by atoms with Crippen molar-refractivity contribution in [3.05, 3.63) is 26.4 Å². The SMILES string of the molecule is CCOC(=O)c1sc(-c2scc(C)c2Cl)c(C)c1N. The number of rotatable bonds is 3. The molecule has 2 N–H and O–H groups in total. The van der Waals surface area contributed by atoms with Gasteiger partial charge in [0.05, 0.1) is 27.1 Å². The molecule has 0 unspecified atom stereocenters. The monoisotopic (exact) mass is 315 g/mol. The van der Waals surface area contributed by atoms with Gasteiger partial charge in [-0.05, 0) is 37.3 Å². The fraction of sp³-hybridized carbons (Fsp3) is 0.308. The lowest BCUT2D eigenvalue weighted by molar-refractivity contribution is 0.0533. The van der Waals surface area contributed by atoms with Crippen LogP contribution in [0.15, 0.2) is 5.38 Å². The number of carbonyl (C=O) groups excluding carboxylic acids is 1. The van der Waals surface area contributed by atoms with Gasteiger partial charge in [0.2, 0.25) is 0 Å². The topological polar surface area (TPSA) is 52.3 Å². The summed E-state index contributed by atoms with van der Waals surface area (Å²) in [6.07, 6.45) is 0. The highest BCUT2D eigenvalue weighted by molar-refractivity contribution is 7.23. The zero-order chi connectivity index (χ0) is 14.2. The summed E-state index contributed by atoms with van der Waals surface area (Å²) < 4.78 is 5.01. The molecule has 0 spiro atoms. The van der Waals surface area contributed by atoms with E-state index in [9.17, 15) is 4.79 Å². The van der Waals surface area contributed by atoms with Crippen molar-refractivity contribution >= 4 is 45.9 Å². The zero-order valence-corrected chi connectivity index (χ0v) is 13.3. The Morgan fingerprint density at radius 1 is 1.42 bits per heavy atom. The molecular weight excluding hydrogens is 302 g/mol. The molecule has 102 valence electrons. The lowest BCUT2D eigenvalue weighted by atomic mass is 10.2. The van der Waals surface area contributed by atoms with Gasteiger partial charge in [-0.3, -0.25) is 0 Å². The molecule has 2 rings (SSSR count). The number of hydrogen-bond donors (Lipinski definition) is 1. The highest BCUT2D eigenvalue weighted by atomic mass is 35.5. The minimum absolute atomic E-state index is 0.337. The molecule has 19 heavy (non-hydrogen) atoms. The van der Waals surface area contributed by atoms with E-state index >= 15 is 0 Å². The average molecular weight is 316 g/mol. The van der Waals surface area contributed by atoms with E-state index in [1.807, 2.05) is 19.2 Å². The minimum atomic E-state index is -0.372. The second-order valence-electron chi connectivity index (χ2n) is 4.08. The van der Waals surface area contributed by atoms with Gasteiger partial charge < -0.3 is 10.5 Å². The minimum Gasteiger partial charge on any atom is -0.462 e. The quantitative estimate of drug-likeness (QED) is 0.848. The van der Waals surface area contributed by atoms with Crippen LogP contribution in [-0.2, 0) is 4.74 Å². The fourth-order valence-electron chi connectivity index (χ4n) is 1.67. The molecule has 0 aliphatic carbocycles. The number of ether oxygens (including phenoxy) is 1. The number of esters is 1. The van der Waals surface area contributed by atoms with Crippen LogP contribution in [0.2, 0.25) is 5.02 Å². The molecule has 0 aliphatic rings. The molecule has 0 saturated heterocycles. The number of anilines is 1. The Morgan fingerprint density at radius 2 is 2.11 bits per heavy atom. The van der Waals surface area contributed by atoms with E-state index < -0.39 is 0 Å². The average Bonchev–Trinajstić information content (AvgIpc) is 2.84. The van der Waals surface area contributed by atoms with Gasteiger partial charge in [0, 0.05) is 0 Å². The number of thiophene rings is 2. The smallest absolute Gasteiger partial charge is 0.350 e. The Hall–Kier alpha value is -1.04. The first-order valence-electron chi connectivity index (χ1n) is 5.77. The van der Waals surface area contributed by atoms with Crippen LogP contribution in [0.5, 0.6) is 0 Å². The highest BCUT2D eigenvalue weighted by Gasteiger charge is 2.22. The lowest BCUT2D eigenvalue weighted by Crippen LogP contribution is -2.05. The summed E-state index contributed by atoms with van der Waals surface area (Å²) in [5, 5.41) is 2.72. The molecule has 0 saturated carbocycles. The second-order valence-corrected chi connectivity index (χ2v) is 6.36. The van der Waals surface area contributed by atoms with E-state index in [1.54, 1.807) is 18.3 Å². The fourth-order valence-corrected chi connectivity index (χ4v) is 4.35. The Balaban J connectivity index is 2.52. The van der Waals surface area contributed by atoms with E-state index in [1.165, 1.54) is 11.3 Å². The molecule has 2 heterocycles. The summed E-state index contributed by atoms with van der Waals surface area (Å²) in [6.45, 7) is 5.97. The van der Waals surface area contributed by atoms with Crippen molar-refractivity contribution < 1.29 is 9.53 Å². The van der Waals surface area contributed by atoms with Crippen molar-refractivity contribution in [3.8, 4) is 9.75 Å². The Morgan fingerprint density at radius 3 is 2.63 bits per heavy atom. The third kappa shape index (κ3) is 2.50. The lowest BCUT2D eigenvalue weighted by Gasteiger charge is -1.99. The first-order chi connectivity index (χ1) is 8.97. The summed E-state index contributed by atoms with van der Waals surface area (Å²) in [5.41, 5.74) is 8.41. The van der Waals surface area contributed by atoms with E-state index in [-0.39, 0.29) is 5.97 Å². The van der Waals surface area contributed by atoms with E-state index in [2.05, 4.69) is 0 Å². The molecule has 0 bridgehead atoms. The summed E-state index contributed by atoms with van der Waals surface area (Å²) in [5.74, 6) is -0.372. The second kappa shape index (κ2) is 5.53. The first kappa shape index (κ1) is 14.4. The normalized spacial score (nSPS) is 10.7. The van der Waals surface area contributed by atoms with Gasteiger partial charge in [0.15, 0.2) is 0 Å². The number of aryl methyl sites for hydroxylation is 1. The number of hydrogen-bond acceptors (Lipinski definition) is 5. The molecule has 2 aromatic heterocycles.